The lowest BCUT2D eigenvalue weighted by molar-refractivity contribution is 0.0589. The summed E-state index contributed by atoms with van der Waals surface area (Å²) in [5.41, 5.74) is 13.1. The summed E-state index contributed by atoms with van der Waals surface area (Å²) in [6.07, 6.45) is 3.64. The molecule has 4 N–H and O–H groups in total. The summed E-state index contributed by atoms with van der Waals surface area (Å²) < 4.78 is 24.2. The van der Waals surface area contributed by atoms with E-state index in [1.54, 1.807) is 45.0 Å². The van der Waals surface area contributed by atoms with Crippen LogP contribution >= 0.6 is 0 Å². The summed E-state index contributed by atoms with van der Waals surface area (Å²) in [4.78, 5) is 26.4. The third-order valence-electron chi connectivity index (χ3n) is 4.45. The van der Waals surface area contributed by atoms with Crippen molar-refractivity contribution >= 4 is 29.0 Å². The predicted octanol–water partition coefficient (Wildman–Crippen LogP) is 3.55. The van der Waals surface area contributed by atoms with E-state index in [1.165, 1.54) is 36.5 Å². The molecule has 3 aromatic rings. The topological polar surface area (TPSA) is 146 Å². The number of carbonyl (C=O) groups excluding carboxylic acids is 1. The Balaban J connectivity index is 1.87. The minimum Gasteiger partial charge on any atom is -0.443 e. The molecule has 3 rings (SSSR count). The van der Waals surface area contributed by atoms with E-state index < -0.39 is 11.7 Å². The number of rotatable bonds is 6. The first-order valence-electron chi connectivity index (χ1n) is 10.3. The van der Waals surface area contributed by atoms with Crippen molar-refractivity contribution in [3.05, 3.63) is 71.8 Å². The number of nitrogens with zero attached hydrogens (tertiary/aromatic N) is 5. The zero-order valence-electron chi connectivity index (χ0n) is 19.3. The van der Waals surface area contributed by atoms with Gasteiger partial charge < -0.3 is 20.7 Å². The molecule has 0 saturated heterocycles. The van der Waals surface area contributed by atoms with Gasteiger partial charge in [0.15, 0.2) is 11.6 Å². The molecule has 0 radical (unpaired) electrons. The Labute approximate surface area is 196 Å². The van der Waals surface area contributed by atoms with Crippen LogP contribution in [0.1, 0.15) is 37.9 Å². The lowest BCUT2D eigenvalue weighted by Gasteiger charge is -2.25. The number of hydrogen-bond acceptors (Lipinski definition) is 9. The molecule has 0 aliphatic heterocycles. The van der Waals surface area contributed by atoms with Crippen LogP contribution in [0, 0.1) is 5.82 Å². The number of hydrogen-bond donors (Lipinski definition) is 2. The van der Waals surface area contributed by atoms with E-state index in [2.05, 4.69) is 20.1 Å². The Morgan fingerprint density at radius 2 is 2.03 bits per heavy atom. The predicted molar refractivity (Wildman–Crippen MR) is 126 cm³/mol. The van der Waals surface area contributed by atoms with Crippen molar-refractivity contribution in [2.75, 3.05) is 17.7 Å². The second kappa shape index (κ2) is 10.1. The Bertz CT molecular complexity index is 1220. The molecule has 0 spiro atoms. The highest BCUT2D eigenvalue weighted by Crippen LogP contribution is 2.22. The lowest BCUT2D eigenvalue weighted by Crippen LogP contribution is -2.34. The molecular formula is C23H26FN7O3. The molecule has 34 heavy (non-hydrogen) atoms. The van der Waals surface area contributed by atoms with Crippen molar-refractivity contribution in [3.63, 3.8) is 0 Å². The van der Waals surface area contributed by atoms with Crippen LogP contribution in [-0.2, 0) is 11.3 Å². The van der Waals surface area contributed by atoms with Gasteiger partial charge in [-0.1, -0.05) is 23.4 Å². The van der Waals surface area contributed by atoms with E-state index in [1.807, 2.05) is 0 Å². The van der Waals surface area contributed by atoms with Gasteiger partial charge in [-0.15, -0.1) is 0 Å². The fourth-order valence-corrected chi connectivity index (χ4v) is 2.77. The van der Waals surface area contributed by atoms with Crippen LogP contribution in [0.15, 0.2) is 58.4 Å². The number of aliphatic imine (C=N–C) groups is 1. The highest BCUT2D eigenvalue weighted by molar-refractivity contribution is 6.10. The maximum Gasteiger partial charge on any atom is 0.414 e. The van der Waals surface area contributed by atoms with Crippen LogP contribution in [0.2, 0.25) is 0 Å². The smallest absolute Gasteiger partial charge is 0.414 e. The quantitative estimate of drug-likeness (QED) is 0.523. The largest absolute Gasteiger partial charge is 0.443 e. The molecule has 0 aliphatic rings. The Kier molecular flexibility index (Phi) is 7.24. The van der Waals surface area contributed by atoms with Gasteiger partial charge in [0.25, 0.3) is 0 Å². The molecule has 2 heterocycles. The van der Waals surface area contributed by atoms with Crippen LogP contribution in [0.25, 0.3) is 5.70 Å². The third-order valence-corrected chi connectivity index (χ3v) is 4.45. The van der Waals surface area contributed by atoms with E-state index in [-0.39, 0.29) is 35.4 Å². The number of ether oxygens (including phenoxy) is 1. The number of nitrogens with two attached hydrogens (primary N) is 2. The fourth-order valence-electron chi connectivity index (χ4n) is 2.77. The summed E-state index contributed by atoms with van der Waals surface area (Å²) in [5, 5.41) is 3.88. The maximum absolute atomic E-state index is 14.0. The number of amides is 1. The highest BCUT2D eigenvalue weighted by atomic mass is 19.1. The molecule has 0 atom stereocenters. The standard InChI is InChI=1S/C23H26FN7O3/c1-23(2,3)34-22(32)31(4)19-13-28-21(29-20(19)26)16(25)11-18(17-9-10-33-30-17)27-12-14-7-5-6-8-15(14)24/h5-11,13H,12,25H2,1-4H3,(H2,26,28,29). The molecule has 11 heteroatoms. The van der Waals surface area contributed by atoms with Crippen LogP contribution in [0.4, 0.5) is 20.7 Å². The summed E-state index contributed by atoms with van der Waals surface area (Å²) in [6.45, 7) is 5.33. The first kappa shape index (κ1) is 24.4. The first-order valence-corrected chi connectivity index (χ1v) is 10.3. The van der Waals surface area contributed by atoms with E-state index in [9.17, 15) is 9.18 Å². The molecule has 0 unspecified atom stereocenters. The van der Waals surface area contributed by atoms with E-state index in [0.29, 0.717) is 17.0 Å². The molecule has 0 aliphatic carbocycles. The number of aromatic nitrogens is 3. The van der Waals surface area contributed by atoms with Crippen molar-refractivity contribution < 1.29 is 18.4 Å². The van der Waals surface area contributed by atoms with Crippen molar-refractivity contribution in [2.24, 2.45) is 10.7 Å². The van der Waals surface area contributed by atoms with Crippen LogP contribution < -0.4 is 16.4 Å². The molecule has 0 fully saturated rings. The highest BCUT2D eigenvalue weighted by Gasteiger charge is 2.23. The summed E-state index contributed by atoms with van der Waals surface area (Å²) in [7, 11) is 1.50. The third kappa shape index (κ3) is 6.15. The van der Waals surface area contributed by atoms with Gasteiger partial charge in [-0.25, -0.2) is 19.2 Å². The normalized spacial score (nSPS) is 12.5. The minimum absolute atomic E-state index is 0.0287. The maximum atomic E-state index is 14.0. The summed E-state index contributed by atoms with van der Waals surface area (Å²) in [5.74, 6) is -0.231. The second-order valence-corrected chi connectivity index (χ2v) is 8.28. The zero-order valence-corrected chi connectivity index (χ0v) is 19.3. The average molecular weight is 468 g/mol. The average Bonchev–Trinajstić information content (AvgIpc) is 3.30. The van der Waals surface area contributed by atoms with E-state index in [4.69, 9.17) is 20.7 Å². The zero-order chi connectivity index (χ0) is 24.9. The van der Waals surface area contributed by atoms with Crippen LogP contribution in [-0.4, -0.2) is 39.6 Å². The Morgan fingerprint density at radius 3 is 2.65 bits per heavy atom. The molecular weight excluding hydrogens is 441 g/mol. The van der Waals surface area contributed by atoms with Crippen LogP contribution in [0.5, 0.6) is 0 Å². The number of halogens is 1. The van der Waals surface area contributed by atoms with Gasteiger partial charge in [-0.2, -0.15) is 0 Å². The van der Waals surface area contributed by atoms with Crippen molar-refractivity contribution in [3.8, 4) is 0 Å². The first-order chi connectivity index (χ1) is 16.0. The molecule has 1 aromatic carbocycles. The summed E-state index contributed by atoms with van der Waals surface area (Å²) >= 11 is 0. The second-order valence-electron chi connectivity index (χ2n) is 8.28. The molecule has 10 nitrogen and oxygen atoms in total. The SMILES string of the molecule is CN(C(=O)OC(C)(C)C)c1cnc(C(N)=CC(=NCc2ccccc2F)c2ccon2)nc1N. The number of allylic oxidation sites excluding steroid dienone is 1. The van der Waals surface area contributed by atoms with Gasteiger partial charge in [0.05, 0.1) is 24.2 Å². The molecule has 1 amide bonds. The Hall–Kier alpha value is -4.28. The van der Waals surface area contributed by atoms with Crippen LogP contribution in [0.3, 0.4) is 0 Å². The van der Waals surface area contributed by atoms with Gasteiger partial charge in [0, 0.05) is 18.7 Å². The van der Waals surface area contributed by atoms with Gasteiger partial charge >= 0.3 is 6.09 Å². The monoisotopic (exact) mass is 467 g/mol. The van der Waals surface area contributed by atoms with Crippen molar-refractivity contribution in [1.82, 2.24) is 15.1 Å². The van der Waals surface area contributed by atoms with Gasteiger partial charge in [-0.3, -0.25) is 9.89 Å². The number of nitrogen functional groups attached to an aromatic ring is 1. The van der Waals surface area contributed by atoms with E-state index in [0.717, 1.165) is 0 Å². The lowest BCUT2D eigenvalue weighted by atomic mass is 10.2. The number of anilines is 2. The number of benzene rings is 1. The molecule has 178 valence electrons. The molecule has 2 aromatic heterocycles. The minimum atomic E-state index is -0.673. The van der Waals surface area contributed by atoms with Crippen molar-refractivity contribution in [1.29, 1.82) is 0 Å². The summed E-state index contributed by atoms with van der Waals surface area (Å²) in [6, 6.07) is 7.91. The fraction of sp³-hybridized carbons (Fsp3) is 0.261. The van der Waals surface area contributed by atoms with E-state index >= 15 is 0 Å². The molecule has 0 saturated carbocycles. The molecule has 0 bridgehead atoms. The van der Waals surface area contributed by atoms with Gasteiger partial charge in [0.1, 0.15) is 29.1 Å². The van der Waals surface area contributed by atoms with Gasteiger partial charge in [0.2, 0.25) is 0 Å². The van der Waals surface area contributed by atoms with Gasteiger partial charge in [-0.05, 0) is 32.9 Å². The van der Waals surface area contributed by atoms with Crippen molar-refractivity contribution in [2.45, 2.75) is 32.9 Å². The number of carbonyl (C=O) groups is 1. The Morgan fingerprint density at radius 1 is 1.29 bits per heavy atom.